The number of aliphatic hydroxyl groups is 3. The van der Waals surface area contributed by atoms with Crippen LogP contribution in [0.15, 0.2) is 0 Å². The molecule has 1 spiro atoms. The van der Waals surface area contributed by atoms with E-state index in [1.54, 1.807) is 0 Å². The molecule has 0 heterocycles. The van der Waals surface area contributed by atoms with Gasteiger partial charge < -0.3 is 15.3 Å². The van der Waals surface area contributed by atoms with Crippen LogP contribution in [-0.2, 0) is 4.79 Å². The maximum absolute atomic E-state index is 13.3. The molecule has 7 atom stereocenters. The van der Waals surface area contributed by atoms with Crippen LogP contribution in [-0.4, -0.2) is 39.4 Å². The van der Waals surface area contributed by atoms with Crippen molar-refractivity contribution in [2.24, 2.45) is 34.0 Å². The second-order valence-electron chi connectivity index (χ2n) is 10.3. The second kappa shape index (κ2) is 4.83. The van der Waals surface area contributed by atoms with Crippen LogP contribution in [0.4, 0.5) is 0 Å². The molecule has 24 heavy (non-hydrogen) atoms. The topological polar surface area (TPSA) is 77.8 Å². The van der Waals surface area contributed by atoms with Crippen LogP contribution in [0.5, 0.6) is 0 Å². The average Bonchev–Trinajstić information content (AvgIpc) is 2.73. The minimum absolute atomic E-state index is 0.00119. The van der Waals surface area contributed by atoms with E-state index in [2.05, 4.69) is 20.8 Å². The van der Waals surface area contributed by atoms with Crippen molar-refractivity contribution in [1.82, 2.24) is 0 Å². The molecule has 136 valence electrons. The highest BCUT2D eigenvalue weighted by atomic mass is 16.3. The fourth-order valence-corrected chi connectivity index (χ4v) is 7.93. The lowest BCUT2D eigenvalue weighted by molar-refractivity contribution is -0.198. The molecule has 0 aromatic heterocycles. The normalized spacial score (nSPS) is 55.8. The van der Waals surface area contributed by atoms with Crippen molar-refractivity contribution in [1.29, 1.82) is 0 Å². The van der Waals surface area contributed by atoms with E-state index in [-0.39, 0.29) is 41.0 Å². The first-order valence-electron chi connectivity index (χ1n) is 9.66. The van der Waals surface area contributed by atoms with Crippen LogP contribution < -0.4 is 0 Å². The maximum Gasteiger partial charge on any atom is 0.165 e. The van der Waals surface area contributed by atoms with Crippen LogP contribution in [0.25, 0.3) is 0 Å². The first kappa shape index (κ1) is 17.0. The van der Waals surface area contributed by atoms with Crippen LogP contribution >= 0.6 is 0 Å². The zero-order valence-electron chi connectivity index (χ0n) is 15.2. The van der Waals surface area contributed by atoms with E-state index in [9.17, 15) is 20.1 Å². The molecular formula is C20H32O4. The average molecular weight is 336 g/mol. The molecule has 4 aliphatic carbocycles. The van der Waals surface area contributed by atoms with Crippen LogP contribution in [0.1, 0.15) is 65.7 Å². The molecule has 4 aliphatic rings. The van der Waals surface area contributed by atoms with Crippen LogP contribution in [0, 0.1) is 34.0 Å². The zero-order chi connectivity index (χ0) is 17.5. The van der Waals surface area contributed by atoms with Crippen LogP contribution in [0.3, 0.4) is 0 Å². The summed E-state index contributed by atoms with van der Waals surface area (Å²) in [5.41, 5.74) is -1.82. The highest BCUT2D eigenvalue weighted by Gasteiger charge is 2.72. The van der Waals surface area contributed by atoms with Gasteiger partial charge in [0.15, 0.2) is 5.78 Å². The lowest BCUT2D eigenvalue weighted by Gasteiger charge is -2.64. The molecule has 4 heteroatoms. The quantitative estimate of drug-likeness (QED) is 0.686. The van der Waals surface area contributed by atoms with Crippen molar-refractivity contribution in [3.8, 4) is 0 Å². The number of hydrogen-bond acceptors (Lipinski definition) is 4. The number of rotatable bonds is 1. The Morgan fingerprint density at radius 1 is 1.17 bits per heavy atom. The number of aliphatic hydroxyl groups excluding tert-OH is 2. The molecule has 4 nitrogen and oxygen atoms in total. The molecule has 0 unspecified atom stereocenters. The Kier molecular flexibility index (Phi) is 3.42. The maximum atomic E-state index is 13.3. The van der Waals surface area contributed by atoms with Gasteiger partial charge in [0.2, 0.25) is 0 Å². The lowest BCUT2D eigenvalue weighted by Crippen LogP contribution is -2.65. The van der Waals surface area contributed by atoms with Gasteiger partial charge in [-0.25, -0.2) is 0 Å². The number of hydrogen-bond donors (Lipinski definition) is 3. The molecule has 2 bridgehead atoms. The number of ketones is 1. The van der Waals surface area contributed by atoms with Crippen molar-refractivity contribution in [2.45, 2.75) is 77.4 Å². The molecule has 0 amide bonds. The first-order chi connectivity index (χ1) is 11.1. The largest absolute Gasteiger partial charge is 0.393 e. The summed E-state index contributed by atoms with van der Waals surface area (Å²) >= 11 is 0. The third kappa shape index (κ3) is 1.83. The molecule has 4 saturated carbocycles. The van der Waals surface area contributed by atoms with Crippen molar-refractivity contribution >= 4 is 5.78 Å². The summed E-state index contributed by atoms with van der Waals surface area (Å²) in [5.74, 6) is 0.182. The Labute approximate surface area is 144 Å². The van der Waals surface area contributed by atoms with Crippen molar-refractivity contribution in [2.75, 3.05) is 6.61 Å². The van der Waals surface area contributed by atoms with Gasteiger partial charge in [-0.2, -0.15) is 0 Å². The smallest absolute Gasteiger partial charge is 0.165 e. The molecule has 3 N–H and O–H groups in total. The predicted octanol–water partition coefficient (Wildman–Crippen LogP) is 2.29. The van der Waals surface area contributed by atoms with Gasteiger partial charge in [0, 0.05) is 11.3 Å². The predicted molar refractivity (Wildman–Crippen MR) is 90.2 cm³/mol. The van der Waals surface area contributed by atoms with Crippen molar-refractivity contribution in [3.05, 3.63) is 0 Å². The molecule has 4 fully saturated rings. The Morgan fingerprint density at radius 2 is 1.88 bits per heavy atom. The van der Waals surface area contributed by atoms with Gasteiger partial charge in [0.05, 0.1) is 12.2 Å². The van der Waals surface area contributed by atoms with E-state index in [0.717, 1.165) is 32.1 Å². The Bertz CT molecular complexity index is 572. The van der Waals surface area contributed by atoms with Gasteiger partial charge in [-0.15, -0.1) is 0 Å². The highest BCUT2D eigenvalue weighted by Crippen LogP contribution is 2.71. The molecular weight excluding hydrogens is 304 g/mol. The van der Waals surface area contributed by atoms with Crippen molar-refractivity contribution in [3.63, 3.8) is 0 Å². The second-order valence-corrected chi connectivity index (χ2v) is 10.3. The van der Waals surface area contributed by atoms with Gasteiger partial charge in [0.1, 0.15) is 6.10 Å². The SMILES string of the molecule is CC1(C)CCC[C@]2(C)[C@@H]1C(=O)[C@H](O)[C@@]13C[C@@H](CC[C@@H]21)[C@@](O)(CO)C3. The van der Waals surface area contributed by atoms with E-state index in [4.69, 9.17) is 0 Å². The van der Waals surface area contributed by atoms with Crippen LogP contribution in [0.2, 0.25) is 0 Å². The van der Waals surface area contributed by atoms with E-state index in [1.165, 1.54) is 0 Å². The fourth-order valence-electron chi connectivity index (χ4n) is 7.93. The summed E-state index contributed by atoms with van der Waals surface area (Å²) in [6, 6.07) is 0. The number of carbonyl (C=O) groups excluding carboxylic acids is 1. The van der Waals surface area contributed by atoms with Gasteiger partial charge in [0.25, 0.3) is 0 Å². The van der Waals surface area contributed by atoms with Gasteiger partial charge >= 0.3 is 0 Å². The molecule has 0 aliphatic heterocycles. The molecule has 4 rings (SSSR count). The monoisotopic (exact) mass is 336 g/mol. The Balaban J connectivity index is 1.83. The summed E-state index contributed by atoms with van der Waals surface area (Å²) in [6.07, 6.45) is 5.13. The zero-order valence-corrected chi connectivity index (χ0v) is 15.2. The van der Waals surface area contributed by atoms with E-state index in [0.29, 0.717) is 12.8 Å². The van der Waals surface area contributed by atoms with E-state index in [1.807, 2.05) is 0 Å². The van der Waals surface area contributed by atoms with Gasteiger partial charge in [-0.3, -0.25) is 4.79 Å². The summed E-state index contributed by atoms with van der Waals surface area (Å²) in [5, 5.41) is 31.8. The molecule has 0 aromatic rings. The Morgan fingerprint density at radius 3 is 2.54 bits per heavy atom. The number of fused-ring (bicyclic) bond motifs is 3. The summed E-state index contributed by atoms with van der Waals surface area (Å²) in [7, 11) is 0. The molecule has 0 radical (unpaired) electrons. The highest BCUT2D eigenvalue weighted by molar-refractivity contribution is 5.89. The first-order valence-corrected chi connectivity index (χ1v) is 9.66. The minimum Gasteiger partial charge on any atom is -0.393 e. The standard InChI is InChI=1S/C20H32O4/c1-17(2)7-4-8-18(3)13-6-5-12-9-19(13,10-20(12,24)11-21)16(23)14(22)15(17)18/h12-13,15-16,21,23-24H,4-11H2,1-3H3/t12-,13+,15-,16+,18+,19-,20+/m1/s1. The fraction of sp³-hybridized carbons (Fsp3) is 0.950. The van der Waals surface area contributed by atoms with Gasteiger partial charge in [-0.1, -0.05) is 27.2 Å². The third-order valence-corrected chi connectivity index (χ3v) is 8.67. The summed E-state index contributed by atoms with van der Waals surface area (Å²) in [4.78, 5) is 13.3. The van der Waals surface area contributed by atoms with E-state index < -0.39 is 17.1 Å². The molecule has 0 aromatic carbocycles. The Hall–Kier alpha value is -0.450. The van der Waals surface area contributed by atoms with Crippen molar-refractivity contribution < 1.29 is 20.1 Å². The lowest BCUT2D eigenvalue weighted by atomic mass is 9.40. The van der Waals surface area contributed by atoms with Gasteiger partial charge in [-0.05, 0) is 61.2 Å². The van der Waals surface area contributed by atoms with E-state index >= 15 is 0 Å². The third-order valence-electron chi connectivity index (χ3n) is 8.67. The number of carbonyl (C=O) groups is 1. The summed E-state index contributed by atoms with van der Waals surface area (Å²) < 4.78 is 0. The number of Topliss-reactive ketones (excluding diaryl/α,β-unsaturated/α-hetero) is 1. The minimum atomic E-state index is -1.12. The molecule has 0 saturated heterocycles. The summed E-state index contributed by atoms with van der Waals surface area (Å²) in [6.45, 7) is 6.37.